The van der Waals surface area contributed by atoms with Crippen molar-refractivity contribution in [2.45, 2.75) is 47.0 Å². The Morgan fingerprint density at radius 3 is 2.31 bits per heavy atom. The minimum absolute atomic E-state index is 0.660. The molecule has 0 aliphatic carbocycles. The molecule has 0 spiro atoms. The fraction of sp³-hybridized carbons (Fsp3) is 0.692. The summed E-state index contributed by atoms with van der Waals surface area (Å²) in [4.78, 5) is 0. The summed E-state index contributed by atoms with van der Waals surface area (Å²) in [5, 5.41) is 0. The maximum absolute atomic E-state index is 4.13. The fourth-order valence-electron chi connectivity index (χ4n) is 1.69. The molecule has 0 aliphatic heterocycles. The number of rotatable bonds is 6. The molecule has 0 aliphatic rings. The third-order valence-electron chi connectivity index (χ3n) is 2.51. The molecule has 1 atom stereocenters. The van der Waals surface area contributed by atoms with Crippen LogP contribution in [0.2, 0.25) is 0 Å². The van der Waals surface area contributed by atoms with E-state index in [-0.39, 0.29) is 0 Å². The summed E-state index contributed by atoms with van der Waals surface area (Å²) >= 11 is 0. The minimum Gasteiger partial charge on any atom is -0.0956 e. The third-order valence-corrected chi connectivity index (χ3v) is 2.51. The molecule has 0 saturated heterocycles. The first-order valence-electron chi connectivity index (χ1n) is 5.48. The number of hydrogen-bond donors (Lipinski definition) is 0. The first-order chi connectivity index (χ1) is 6.13. The van der Waals surface area contributed by atoms with Crippen molar-refractivity contribution in [1.29, 1.82) is 0 Å². The monoisotopic (exact) mass is 180 g/mol. The van der Waals surface area contributed by atoms with Crippen molar-refractivity contribution < 1.29 is 0 Å². The molecule has 0 rings (SSSR count). The Labute approximate surface area is 83.7 Å². The predicted molar refractivity (Wildman–Crippen MR) is 61.8 cm³/mol. The molecular formula is C13H24. The van der Waals surface area contributed by atoms with Gasteiger partial charge >= 0.3 is 0 Å². The van der Waals surface area contributed by atoms with Gasteiger partial charge in [0.1, 0.15) is 0 Å². The standard InChI is InChI=1S/C13H24/c1-6-8-9-10-12(5)13(7-2)11(3)4/h9-11,13H,5-8H2,1-4H3/b10-9-. The highest BCUT2D eigenvalue weighted by Crippen LogP contribution is 2.23. The first kappa shape index (κ1) is 12.5. The van der Waals surface area contributed by atoms with Crippen LogP contribution in [0.5, 0.6) is 0 Å². The molecule has 0 bridgehead atoms. The molecule has 0 amide bonds. The van der Waals surface area contributed by atoms with Crippen molar-refractivity contribution in [3.05, 3.63) is 24.3 Å². The lowest BCUT2D eigenvalue weighted by Gasteiger charge is -2.19. The van der Waals surface area contributed by atoms with Gasteiger partial charge in [-0.2, -0.15) is 0 Å². The van der Waals surface area contributed by atoms with E-state index in [9.17, 15) is 0 Å². The van der Waals surface area contributed by atoms with Gasteiger partial charge in [0.2, 0.25) is 0 Å². The van der Waals surface area contributed by atoms with Crippen LogP contribution >= 0.6 is 0 Å². The van der Waals surface area contributed by atoms with Crippen LogP contribution in [0.15, 0.2) is 24.3 Å². The Kier molecular flexibility index (Phi) is 6.66. The van der Waals surface area contributed by atoms with Crippen LogP contribution in [0, 0.1) is 11.8 Å². The summed E-state index contributed by atoms with van der Waals surface area (Å²) in [6.07, 6.45) is 8.05. The molecule has 13 heavy (non-hydrogen) atoms. The summed E-state index contributed by atoms with van der Waals surface area (Å²) < 4.78 is 0. The lowest BCUT2D eigenvalue weighted by Crippen LogP contribution is -2.08. The van der Waals surface area contributed by atoms with Gasteiger partial charge in [0, 0.05) is 0 Å². The highest BCUT2D eigenvalue weighted by atomic mass is 14.2. The summed E-state index contributed by atoms with van der Waals surface area (Å²) in [6, 6.07) is 0. The average molecular weight is 180 g/mol. The van der Waals surface area contributed by atoms with Crippen molar-refractivity contribution in [2.24, 2.45) is 11.8 Å². The molecule has 0 saturated carbocycles. The molecule has 0 N–H and O–H groups in total. The summed E-state index contributed by atoms with van der Waals surface area (Å²) in [5.41, 5.74) is 1.30. The van der Waals surface area contributed by atoms with Gasteiger partial charge in [0.25, 0.3) is 0 Å². The second kappa shape index (κ2) is 6.94. The topological polar surface area (TPSA) is 0 Å². The zero-order valence-corrected chi connectivity index (χ0v) is 9.64. The average Bonchev–Trinajstić information content (AvgIpc) is 2.05. The van der Waals surface area contributed by atoms with E-state index in [1.54, 1.807) is 0 Å². The van der Waals surface area contributed by atoms with Crippen molar-refractivity contribution in [1.82, 2.24) is 0 Å². The molecule has 0 aromatic heterocycles. The minimum atomic E-state index is 0.660. The van der Waals surface area contributed by atoms with Crippen LogP contribution < -0.4 is 0 Å². The summed E-state index contributed by atoms with van der Waals surface area (Å²) in [7, 11) is 0. The van der Waals surface area contributed by atoms with E-state index in [1.807, 2.05) is 0 Å². The van der Waals surface area contributed by atoms with Gasteiger partial charge in [-0.25, -0.2) is 0 Å². The van der Waals surface area contributed by atoms with Crippen LogP contribution in [-0.4, -0.2) is 0 Å². The van der Waals surface area contributed by atoms with Gasteiger partial charge in [-0.15, -0.1) is 0 Å². The van der Waals surface area contributed by atoms with Gasteiger partial charge in [-0.05, 0) is 24.7 Å². The maximum Gasteiger partial charge on any atom is -0.0147 e. The summed E-state index contributed by atoms with van der Waals surface area (Å²) in [6.45, 7) is 13.1. The molecule has 0 fully saturated rings. The van der Waals surface area contributed by atoms with Gasteiger partial charge in [0.05, 0.1) is 0 Å². The van der Waals surface area contributed by atoms with Crippen molar-refractivity contribution in [3.8, 4) is 0 Å². The molecule has 1 unspecified atom stereocenters. The molecule has 76 valence electrons. The third kappa shape index (κ3) is 4.92. The van der Waals surface area contributed by atoms with Crippen LogP contribution in [0.25, 0.3) is 0 Å². The molecule has 0 radical (unpaired) electrons. The highest BCUT2D eigenvalue weighted by Gasteiger charge is 2.11. The predicted octanol–water partition coefficient (Wildman–Crippen LogP) is 4.58. The molecule has 0 aromatic carbocycles. The highest BCUT2D eigenvalue weighted by molar-refractivity contribution is 5.18. The van der Waals surface area contributed by atoms with Gasteiger partial charge in [-0.3, -0.25) is 0 Å². The molecular weight excluding hydrogens is 156 g/mol. The maximum atomic E-state index is 4.13. The number of allylic oxidation sites excluding steroid dienone is 3. The molecule has 0 heteroatoms. The Morgan fingerprint density at radius 1 is 1.31 bits per heavy atom. The fourth-order valence-corrected chi connectivity index (χ4v) is 1.69. The van der Waals surface area contributed by atoms with Crippen molar-refractivity contribution in [2.75, 3.05) is 0 Å². The van der Waals surface area contributed by atoms with Crippen molar-refractivity contribution in [3.63, 3.8) is 0 Å². The lowest BCUT2D eigenvalue weighted by atomic mass is 9.86. The van der Waals surface area contributed by atoms with Gasteiger partial charge in [-0.1, -0.05) is 58.4 Å². The van der Waals surface area contributed by atoms with Crippen molar-refractivity contribution >= 4 is 0 Å². The largest absolute Gasteiger partial charge is 0.0956 e. The van der Waals surface area contributed by atoms with E-state index in [4.69, 9.17) is 0 Å². The normalized spacial score (nSPS) is 13.9. The van der Waals surface area contributed by atoms with E-state index in [1.165, 1.54) is 24.8 Å². The van der Waals surface area contributed by atoms with Gasteiger partial charge in [0.15, 0.2) is 0 Å². The second-order valence-electron chi connectivity index (χ2n) is 4.02. The van der Waals surface area contributed by atoms with E-state index in [0.717, 1.165) is 0 Å². The Bertz CT molecular complexity index is 163. The molecule has 0 heterocycles. The first-order valence-corrected chi connectivity index (χ1v) is 5.48. The van der Waals surface area contributed by atoms with Gasteiger partial charge < -0.3 is 0 Å². The number of unbranched alkanes of at least 4 members (excludes halogenated alkanes) is 1. The zero-order valence-electron chi connectivity index (χ0n) is 9.64. The second-order valence-corrected chi connectivity index (χ2v) is 4.02. The van der Waals surface area contributed by atoms with E-state index in [0.29, 0.717) is 11.8 Å². The van der Waals surface area contributed by atoms with Crippen LogP contribution in [0.1, 0.15) is 47.0 Å². The summed E-state index contributed by atoms with van der Waals surface area (Å²) in [5.74, 6) is 1.37. The number of hydrogen-bond acceptors (Lipinski definition) is 0. The lowest BCUT2D eigenvalue weighted by molar-refractivity contribution is 0.439. The molecule has 0 nitrogen and oxygen atoms in total. The quantitative estimate of drug-likeness (QED) is 0.525. The van der Waals surface area contributed by atoms with E-state index < -0.39 is 0 Å². The molecule has 0 aromatic rings. The van der Waals surface area contributed by atoms with E-state index in [2.05, 4.69) is 46.4 Å². The Balaban J connectivity index is 4.06. The van der Waals surface area contributed by atoms with E-state index >= 15 is 0 Å². The van der Waals surface area contributed by atoms with Crippen LogP contribution in [0.3, 0.4) is 0 Å². The zero-order chi connectivity index (χ0) is 10.3. The Morgan fingerprint density at radius 2 is 1.92 bits per heavy atom. The Hall–Kier alpha value is -0.520. The van der Waals surface area contributed by atoms with Crippen LogP contribution in [0.4, 0.5) is 0 Å². The smallest absolute Gasteiger partial charge is 0.0147 e. The SMILES string of the molecule is C=C(/C=C\CCC)C(CC)C(C)C. The van der Waals surface area contributed by atoms with Crippen LogP contribution in [-0.2, 0) is 0 Å².